The number of nitrogens with one attached hydrogen (secondary N) is 1. The standard InChI is InChI=1S/C24H19FN4O2/c1-13-8-9-18-16(10-13)24(23(31)28-18)17(12-26)22(27)29(15-5-2-4-14(25)11-15)19-6-3-7-20(30)21(19)24/h2,4-5,8-11H,3,6-7,27H2,1H3,(H,28,31)/t24-/m0/s1. The number of hydrogen-bond acceptors (Lipinski definition) is 5. The summed E-state index contributed by atoms with van der Waals surface area (Å²) in [6.07, 6.45) is 1.33. The van der Waals surface area contributed by atoms with Gasteiger partial charge in [0.2, 0.25) is 5.91 Å². The lowest BCUT2D eigenvalue weighted by Gasteiger charge is -2.43. The van der Waals surface area contributed by atoms with Crippen molar-refractivity contribution in [1.29, 1.82) is 5.26 Å². The number of nitriles is 1. The first-order chi connectivity index (χ1) is 14.9. The van der Waals surface area contributed by atoms with Crippen LogP contribution in [0.2, 0.25) is 0 Å². The molecule has 2 heterocycles. The fourth-order valence-corrected chi connectivity index (χ4v) is 5.01. The molecule has 0 saturated heterocycles. The highest BCUT2D eigenvalue weighted by molar-refractivity contribution is 6.19. The van der Waals surface area contributed by atoms with Gasteiger partial charge in [0.25, 0.3) is 0 Å². The normalized spacial score (nSPS) is 22.4. The number of anilines is 2. The maximum Gasteiger partial charge on any atom is 0.245 e. The lowest BCUT2D eigenvalue weighted by molar-refractivity contribution is -0.122. The van der Waals surface area contributed by atoms with Crippen molar-refractivity contribution < 1.29 is 14.0 Å². The van der Waals surface area contributed by atoms with E-state index in [-0.39, 0.29) is 29.2 Å². The van der Waals surface area contributed by atoms with Crippen molar-refractivity contribution in [2.45, 2.75) is 31.6 Å². The molecule has 1 aliphatic carbocycles. The third-order valence-corrected chi connectivity index (χ3v) is 6.25. The number of allylic oxidation sites excluding steroid dienone is 1. The van der Waals surface area contributed by atoms with Crippen LogP contribution >= 0.6 is 0 Å². The molecule has 2 aromatic rings. The van der Waals surface area contributed by atoms with Gasteiger partial charge in [-0.15, -0.1) is 0 Å². The Morgan fingerprint density at radius 1 is 1.19 bits per heavy atom. The Balaban J connectivity index is 1.90. The van der Waals surface area contributed by atoms with Crippen molar-refractivity contribution in [3.63, 3.8) is 0 Å². The molecule has 154 valence electrons. The number of Topliss-reactive ketones (excluding diaryl/α,β-unsaturated/α-hetero) is 1. The minimum atomic E-state index is -1.60. The molecule has 0 unspecified atom stereocenters. The van der Waals surface area contributed by atoms with Crippen molar-refractivity contribution in [2.75, 3.05) is 10.2 Å². The largest absolute Gasteiger partial charge is 0.384 e. The first-order valence-corrected chi connectivity index (χ1v) is 10.0. The molecule has 0 fully saturated rings. The van der Waals surface area contributed by atoms with Crippen LogP contribution < -0.4 is 16.0 Å². The molecule has 0 bridgehead atoms. The first-order valence-electron chi connectivity index (χ1n) is 10.0. The zero-order valence-corrected chi connectivity index (χ0v) is 16.8. The van der Waals surface area contributed by atoms with Gasteiger partial charge in [0, 0.05) is 28.9 Å². The van der Waals surface area contributed by atoms with E-state index < -0.39 is 17.1 Å². The average molecular weight is 414 g/mol. The predicted molar refractivity (Wildman–Crippen MR) is 113 cm³/mol. The van der Waals surface area contributed by atoms with E-state index in [1.165, 1.54) is 12.1 Å². The molecular formula is C24H19FN4O2. The predicted octanol–water partition coefficient (Wildman–Crippen LogP) is 3.55. The molecule has 0 radical (unpaired) electrons. The van der Waals surface area contributed by atoms with Gasteiger partial charge < -0.3 is 11.1 Å². The third kappa shape index (κ3) is 2.42. The summed E-state index contributed by atoms with van der Waals surface area (Å²) in [4.78, 5) is 28.4. The van der Waals surface area contributed by atoms with E-state index in [1.54, 1.807) is 23.1 Å². The van der Waals surface area contributed by atoms with Gasteiger partial charge in [-0.3, -0.25) is 14.5 Å². The maximum absolute atomic E-state index is 14.0. The second-order valence-electron chi connectivity index (χ2n) is 8.04. The summed E-state index contributed by atoms with van der Waals surface area (Å²) < 4.78 is 14.0. The Kier molecular flexibility index (Phi) is 4.02. The fraction of sp³-hybridized carbons (Fsp3) is 0.208. The summed E-state index contributed by atoms with van der Waals surface area (Å²) in [6.45, 7) is 1.88. The summed E-state index contributed by atoms with van der Waals surface area (Å²) in [7, 11) is 0. The smallest absolute Gasteiger partial charge is 0.245 e. The van der Waals surface area contributed by atoms with Gasteiger partial charge in [-0.25, -0.2) is 4.39 Å². The highest BCUT2D eigenvalue weighted by Crippen LogP contribution is 2.55. The summed E-state index contributed by atoms with van der Waals surface area (Å²) in [5.74, 6) is -1.10. The van der Waals surface area contributed by atoms with Crippen LogP contribution in [0.5, 0.6) is 0 Å². The zero-order valence-electron chi connectivity index (χ0n) is 16.8. The molecule has 0 saturated carbocycles. The molecule has 31 heavy (non-hydrogen) atoms. The van der Waals surface area contributed by atoms with E-state index in [4.69, 9.17) is 5.73 Å². The molecule has 1 atom stereocenters. The van der Waals surface area contributed by atoms with Gasteiger partial charge in [-0.2, -0.15) is 5.26 Å². The molecule has 6 nitrogen and oxygen atoms in total. The van der Waals surface area contributed by atoms with Crippen molar-refractivity contribution in [3.05, 3.63) is 82.1 Å². The van der Waals surface area contributed by atoms with Crippen molar-refractivity contribution in [2.24, 2.45) is 5.73 Å². The van der Waals surface area contributed by atoms with Crippen LogP contribution in [0.3, 0.4) is 0 Å². The Morgan fingerprint density at radius 2 is 2.00 bits per heavy atom. The van der Waals surface area contributed by atoms with Gasteiger partial charge in [-0.1, -0.05) is 23.8 Å². The number of nitrogens with zero attached hydrogens (tertiary/aromatic N) is 2. The van der Waals surface area contributed by atoms with Crippen LogP contribution in [-0.2, 0) is 15.0 Å². The van der Waals surface area contributed by atoms with Crippen molar-refractivity contribution in [1.82, 2.24) is 0 Å². The van der Waals surface area contributed by atoms with E-state index in [9.17, 15) is 19.2 Å². The van der Waals surface area contributed by atoms with Crippen LogP contribution in [0.15, 0.2) is 65.1 Å². The Labute approximate surface area is 178 Å². The Hall–Kier alpha value is -3.92. The van der Waals surface area contributed by atoms with Gasteiger partial charge in [0.05, 0.1) is 11.3 Å². The molecule has 2 aromatic carbocycles. The van der Waals surface area contributed by atoms with E-state index in [0.29, 0.717) is 35.5 Å². The summed E-state index contributed by atoms with van der Waals surface area (Å²) in [6, 6.07) is 13.4. The molecule has 1 spiro atoms. The fourth-order valence-electron chi connectivity index (χ4n) is 5.01. The number of amides is 1. The zero-order chi connectivity index (χ0) is 21.9. The average Bonchev–Trinajstić information content (AvgIpc) is 3.00. The van der Waals surface area contributed by atoms with Crippen molar-refractivity contribution >= 4 is 23.1 Å². The van der Waals surface area contributed by atoms with Crippen molar-refractivity contribution in [3.8, 4) is 6.07 Å². The number of aryl methyl sites for hydroxylation is 1. The van der Waals surface area contributed by atoms with Crippen LogP contribution in [0.1, 0.15) is 30.4 Å². The lowest BCUT2D eigenvalue weighted by Crippen LogP contribution is -2.50. The minimum Gasteiger partial charge on any atom is -0.384 e. The summed E-state index contributed by atoms with van der Waals surface area (Å²) in [5, 5.41) is 13.0. The number of fused-ring (bicyclic) bond motifs is 3. The van der Waals surface area contributed by atoms with E-state index in [1.807, 2.05) is 19.1 Å². The second kappa shape index (κ2) is 6.54. The van der Waals surface area contributed by atoms with Crippen LogP contribution in [0.4, 0.5) is 15.8 Å². The Morgan fingerprint density at radius 3 is 2.74 bits per heavy atom. The number of ketones is 1. The molecule has 7 heteroatoms. The van der Waals surface area contributed by atoms with Gasteiger partial charge in [0.1, 0.15) is 23.1 Å². The van der Waals surface area contributed by atoms with Gasteiger partial charge in [0.15, 0.2) is 5.78 Å². The molecule has 1 amide bonds. The highest BCUT2D eigenvalue weighted by Gasteiger charge is 2.60. The monoisotopic (exact) mass is 414 g/mol. The number of rotatable bonds is 1. The van der Waals surface area contributed by atoms with Crippen LogP contribution in [-0.4, -0.2) is 11.7 Å². The minimum absolute atomic E-state index is 0.0207. The molecule has 5 rings (SSSR count). The van der Waals surface area contributed by atoms with Gasteiger partial charge >= 0.3 is 0 Å². The molecule has 2 aliphatic heterocycles. The molecular weight excluding hydrogens is 395 g/mol. The number of carbonyl (C=O) groups is 2. The SMILES string of the molecule is Cc1ccc2c(c1)[C@]1(C(=O)N2)C(C#N)=C(N)N(c2cccc(F)c2)C2=C1C(=O)CCC2. The maximum atomic E-state index is 14.0. The van der Waals surface area contributed by atoms with E-state index in [0.717, 1.165) is 5.56 Å². The summed E-state index contributed by atoms with van der Waals surface area (Å²) >= 11 is 0. The molecule has 0 aromatic heterocycles. The third-order valence-electron chi connectivity index (χ3n) is 6.25. The quantitative estimate of drug-likeness (QED) is 0.744. The second-order valence-corrected chi connectivity index (χ2v) is 8.04. The number of nitrogens with two attached hydrogens (primary N) is 1. The van der Waals surface area contributed by atoms with E-state index in [2.05, 4.69) is 11.4 Å². The number of benzene rings is 2. The first kappa shape index (κ1) is 19.1. The number of carbonyl (C=O) groups excluding carboxylic acids is 2. The Bertz CT molecular complexity index is 1290. The molecule has 3 aliphatic rings. The van der Waals surface area contributed by atoms with Crippen LogP contribution in [0, 0.1) is 24.1 Å². The van der Waals surface area contributed by atoms with E-state index >= 15 is 0 Å². The molecule has 3 N–H and O–H groups in total. The number of halogens is 1. The topological polar surface area (TPSA) is 99.2 Å². The highest BCUT2D eigenvalue weighted by atomic mass is 19.1. The number of hydrogen-bond donors (Lipinski definition) is 2. The summed E-state index contributed by atoms with van der Waals surface area (Å²) in [5.41, 5.74) is 8.11. The van der Waals surface area contributed by atoms with Crippen LogP contribution in [0.25, 0.3) is 0 Å². The van der Waals surface area contributed by atoms with Gasteiger partial charge in [-0.05, 0) is 44.0 Å². The lowest BCUT2D eigenvalue weighted by atomic mass is 9.63.